The number of nitrogens with zero attached hydrogens (tertiary/aromatic N) is 3. The molecule has 1 fully saturated rings. The number of para-hydroxylation sites is 1. The van der Waals surface area contributed by atoms with E-state index in [0.717, 1.165) is 81.7 Å². The molecular weight excluding hydrogens is 907 g/mol. The van der Waals surface area contributed by atoms with Crippen LogP contribution in [0.4, 0.5) is 5.69 Å². The summed E-state index contributed by atoms with van der Waals surface area (Å²) in [6.07, 6.45) is 4.25. The van der Waals surface area contributed by atoms with Crippen LogP contribution in [0.1, 0.15) is 119 Å². The SMILES string of the molecule is Cc1ncsc1-c1ccc(CNC(=O)[C@@H]2C[C@@H](O)CN2C(=O)[C@@H](NC(=O)CCCCCc2ccc(CO[C@H](C)[C@H](CCC(N)=O)NC(O)[C@@H]3Cc4cccc5c4N3C(=O)CCC5)cc2)C(C)(C)C)cc1. The van der Waals surface area contributed by atoms with Gasteiger partial charge in [-0.25, -0.2) is 4.98 Å². The number of aliphatic hydroxyl groups is 2. The number of rotatable bonds is 22. The Morgan fingerprint density at radius 2 is 1.66 bits per heavy atom. The van der Waals surface area contributed by atoms with Crippen molar-refractivity contribution < 1.29 is 38.9 Å². The molecule has 1 saturated heterocycles. The van der Waals surface area contributed by atoms with Crippen LogP contribution in [-0.4, -0.2) is 98.8 Å². The van der Waals surface area contributed by atoms with Crippen LogP contribution < -0.4 is 26.6 Å². The van der Waals surface area contributed by atoms with E-state index in [-0.39, 0.29) is 56.0 Å². The van der Waals surface area contributed by atoms with Crippen LogP contribution in [0.5, 0.6) is 0 Å². The number of amides is 5. The smallest absolute Gasteiger partial charge is 0.246 e. The number of benzene rings is 3. The number of aromatic nitrogens is 1. The second-order valence-electron chi connectivity index (χ2n) is 20.4. The third-order valence-corrected chi connectivity index (χ3v) is 14.9. The zero-order valence-electron chi connectivity index (χ0n) is 41.2. The number of aliphatic hydroxyl groups excluding tert-OH is 2. The van der Waals surface area contributed by atoms with Gasteiger partial charge in [0, 0.05) is 44.8 Å². The zero-order chi connectivity index (χ0) is 50.1. The fourth-order valence-electron chi connectivity index (χ4n) is 9.95. The van der Waals surface area contributed by atoms with E-state index in [1.54, 1.807) is 16.2 Å². The molecule has 0 aliphatic carbocycles. The van der Waals surface area contributed by atoms with Gasteiger partial charge in [-0.3, -0.25) is 29.3 Å². The van der Waals surface area contributed by atoms with E-state index >= 15 is 0 Å². The van der Waals surface area contributed by atoms with Crippen molar-refractivity contribution in [2.75, 3.05) is 11.4 Å². The quantitative estimate of drug-likeness (QED) is 0.0413. The maximum Gasteiger partial charge on any atom is 0.246 e. The number of nitrogens with one attached hydrogen (secondary N) is 3. The summed E-state index contributed by atoms with van der Waals surface area (Å²) in [6.45, 7) is 10.1. The Morgan fingerprint density at radius 3 is 2.36 bits per heavy atom. The summed E-state index contributed by atoms with van der Waals surface area (Å²) in [7, 11) is 0. The highest BCUT2D eigenvalue weighted by atomic mass is 32.1. The summed E-state index contributed by atoms with van der Waals surface area (Å²) in [6, 6.07) is 19.6. The number of thiazole rings is 1. The van der Waals surface area contributed by atoms with Crippen LogP contribution in [0, 0.1) is 12.3 Å². The molecular formula is C54H71N7O8S. The lowest BCUT2D eigenvalue weighted by molar-refractivity contribution is -0.144. The molecule has 3 aliphatic heterocycles. The lowest BCUT2D eigenvalue weighted by Crippen LogP contribution is -2.57. The van der Waals surface area contributed by atoms with Gasteiger partial charge in [0.1, 0.15) is 18.3 Å². The van der Waals surface area contributed by atoms with Crippen LogP contribution in [0.2, 0.25) is 0 Å². The van der Waals surface area contributed by atoms with Gasteiger partial charge in [-0.05, 0) is 97.6 Å². The number of likely N-dealkylation sites (tertiary alicyclic amines) is 1. The molecule has 0 saturated carbocycles. The molecule has 0 bridgehead atoms. The van der Waals surface area contributed by atoms with E-state index in [2.05, 4.69) is 39.1 Å². The maximum absolute atomic E-state index is 14.1. The van der Waals surface area contributed by atoms with Gasteiger partial charge in [-0.1, -0.05) is 93.9 Å². The van der Waals surface area contributed by atoms with Crippen LogP contribution in [0.25, 0.3) is 10.4 Å². The molecule has 0 radical (unpaired) electrons. The van der Waals surface area contributed by atoms with Gasteiger partial charge >= 0.3 is 0 Å². The Kier molecular flexibility index (Phi) is 17.6. The van der Waals surface area contributed by atoms with Crippen molar-refractivity contribution in [3.63, 3.8) is 0 Å². The number of carbonyl (C=O) groups is 5. The van der Waals surface area contributed by atoms with Crippen LogP contribution in [0.15, 0.2) is 72.2 Å². The van der Waals surface area contributed by atoms with Crippen molar-refractivity contribution in [1.82, 2.24) is 25.8 Å². The molecule has 16 heteroatoms. The van der Waals surface area contributed by atoms with E-state index in [1.165, 1.54) is 4.90 Å². The van der Waals surface area contributed by atoms with Crippen molar-refractivity contribution in [2.45, 2.75) is 167 Å². The van der Waals surface area contributed by atoms with Gasteiger partial charge in [-0.2, -0.15) is 0 Å². The Balaban J connectivity index is 0.836. The summed E-state index contributed by atoms with van der Waals surface area (Å²) in [5, 5.41) is 31.4. The predicted molar refractivity (Wildman–Crippen MR) is 270 cm³/mol. The molecule has 3 aliphatic rings. The topological polar surface area (TPSA) is 217 Å². The molecule has 1 unspecified atom stereocenters. The van der Waals surface area contributed by atoms with Crippen LogP contribution in [0.3, 0.4) is 0 Å². The summed E-state index contributed by atoms with van der Waals surface area (Å²) < 4.78 is 6.30. The Labute approximate surface area is 416 Å². The predicted octanol–water partition coefficient (Wildman–Crippen LogP) is 5.77. The Morgan fingerprint density at radius 1 is 0.943 bits per heavy atom. The minimum Gasteiger partial charge on any atom is -0.391 e. The van der Waals surface area contributed by atoms with Gasteiger partial charge < -0.3 is 41.1 Å². The number of anilines is 1. The second kappa shape index (κ2) is 23.6. The van der Waals surface area contributed by atoms with Crippen LogP contribution in [-0.2, 0) is 61.1 Å². The number of hydrogen-bond acceptors (Lipinski definition) is 11. The molecule has 0 spiro atoms. The summed E-state index contributed by atoms with van der Waals surface area (Å²) in [5.41, 5.74) is 14.9. The van der Waals surface area contributed by atoms with E-state index in [9.17, 15) is 34.2 Å². The monoisotopic (exact) mass is 978 g/mol. The fourth-order valence-corrected chi connectivity index (χ4v) is 10.8. The number of hydrogen-bond donors (Lipinski definition) is 6. The van der Waals surface area contributed by atoms with Gasteiger partial charge in [0.2, 0.25) is 29.5 Å². The maximum atomic E-state index is 14.1. The van der Waals surface area contributed by atoms with Gasteiger partial charge in [0.25, 0.3) is 0 Å². The van der Waals surface area contributed by atoms with Crippen LogP contribution >= 0.6 is 11.3 Å². The molecule has 7 N–H and O–H groups in total. The first kappa shape index (κ1) is 52.3. The summed E-state index contributed by atoms with van der Waals surface area (Å²) in [5.74, 6) is -1.40. The molecule has 4 heterocycles. The highest BCUT2D eigenvalue weighted by molar-refractivity contribution is 7.13. The number of primary amides is 1. The third-order valence-electron chi connectivity index (χ3n) is 13.9. The third kappa shape index (κ3) is 13.3. The van der Waals surface area contributed by atoms with E-state index < -0.39 is 53.9 Å². The normalized spacial score (nSPS) is 19.5. The first-order valence-electron chi connectivity index (χ1n) is 24.9. The average molecular weight is 978 g/mol. The van der Waals surface area contributed by atoms with Crippen molar-refractivity contribution in [1.29, 1.82) is 0 Å². The number of ether oxygens (including phenoxy) is 1. The number of unbranched alkanes of at least 4 members (excludes halogenated alkanes) is 2. The second-order valence-corrected chi connectivity index (χ2v) is 21.2. The summed E-state index contributed by atoms with van der Waals surface area (Å²) >= 11 is 1.58. The molecule has 376 valence electrons. The fraction of sp³-hybridized carbons (Fsp3) is 0.519. The summed E-state index contributed by atoms with van der Waals surface area (Å²) in [4.78, 5) is 74.6. The molecule has 7 rings (SSSR count). The molecule has 70 heavy (non-hydrogen) atoms. The van der Waals surface area contributed by atoms with E-state index in [0.29, 0.717) is 32.3 Å². The molecule has 15 nitrogen and oxygen atoms in total. The molecule has 4 aromatic rings. The lowest BCUT2D eigenvalue weighted by atomic mass is 9.85. The Bertz CT molecular complexity index is 2450. The minimum absolute atomic E-state index is 0.00964. The molecule has 1 aromatic heterocycles. The standard InChI is InChI=1S/C54H71N7O8S/c1-33-49(70-32-57-33)39-23-21-36(22-24-39)29-56-51(66)43-28-41(62)30-60(43)53(68)50(54(3,4)5)59-46(64)15-8-6-7-11-35-17-19-37(20-18-35)31-69-34(2)42(25-26-45(55)63)58-52(67)44-27-40-14-9-12-38-13-10-16-47(65)61(44)48(38)40/h9,12,14,17-24,32,34,41-44,50,52,58,62,67H,6-8,10-11,13,15-16,25-31H2,1-5H3,(H2,55,63)(H,56,66)(H,59,64)/t34-,41-,42+,43+,44+,50-,52?/m1/s1. The highest BCUT2D eigenvalue weighted by Crippen LogP contribution is 2.40. The number of nitrogens with two attached hydrogens (primary N) is 1. The number of aryl methyl sites for hydroxylation is 3. The Hall–Kier alpha value is -5.52. The van der Waals surface area contributed by atoms with Crippen molar-refractivity contribution >= 4 is 46.6 Å². The first-order chi connectivity index (χ1) is 33.5. The van der Waals surface area contributed by atoms with Crippen molar-refractivity contribution in [3.8, 4) is 10.4 Å². The molecule has 7 atom stereocenters. The number of carbonyl (C=O) groups excluding carboxylic acids is 5. The zero-order valence-corrected chi connectivity index (χ0v) is 42.1. The first-order valence-corrected chi connectivity index (χ1v) is 25.7. The van der Waals surface area contributed by atoms with Gasteiger partial charge in [0.15, 0.2) is 0 Å². The largest absolute Gasteiger partial charge is 0.391 e. The average Bonchev–Trinajstić information content (AvgIpc) is 4.04. The lowest BCUT2D eigenvalue weighted by Gasteiger charge is -2.35. The van der Waals surface area contributed by atoms with Gasteiger partial charge in [-0.15, -0.1) is 11.3 Å². The van der Waals surface area contributed by atoms with E-state index in [4.69, 9.17) is 10.5 Å². The van der Waals surface area contributed by atoms with Gasteiger partial charge in [0.05, 0.1) is 46.6 Å². The van der Waals surface area contributed by atoms with Crippen molar-refractivity contribution in [3.05, 3.63) is 106 Å². The number of β-amino-alcohol motifs (C(OH)–C–C–N with tert-alkyl or cyclic N) is 1. The molecule has 5 amide bonds. The minimum atomic E-state index is -1.05. The van der Waals surface area contributed by atoms with Crippen molar-refractivity contribution in [2.24, 2.45) is 11.1 Å². The van der Waals surface area contributed by atoms with E-state index in [1.807, 2.05) is 88.7 Å². The molecule has 3 aromatic carbocycles. The highest BCUT2D eigenvalue weighted by Gasteiger charge is 2.45.